The van der Waals surface area contributed by atoms with E-state index < -0.39 is 12.2 Å². The first-order chi connectivity index (χ1) is 23.7. The van der Waals surface area contributed by atoms with Gasteiger partial charge >= 0.3 is 0 Å². The van der Waals surface area contributed by atoms with Gasteiger partial charge in [0.05, 0.1) is 0 Å². The molecule has 266 valence electrons. The highest BCUT2D eigenvalue weighted by atomic mass is 16.3. The molecule has 0 radical (unpaired) electrons. The van der Waals surface area contributed by atoms with Crippen LogP contribution >= 0.6 is 0 Å². The van der Waals surface area contributed by atoms with Crippen molar-refractivity contribution < 1.29 is 10.2 Å². The molecule has 0 spiro atoms. The Kier molecular flexibility index (Phi) is 37.9. The van der Waals surface area contributed by atoms with E-state index in [-0.39, 0.29) is 0 Å². The van der Waals surface area contributed by atoms with E-state index in [0.717, 1.165) is 77.0 Å². The third-order valence-corrected chi connectivity index (χ3v) is 8.34. The van der Waals surface area contributed by atoms with Crippen LogP contribution in [0.25, 0.3) is 0 Å². The first-order valence-electron chi connectivity index (χ1n) is 19.6. The Bertz CT molecular complexity index is 1020. The summed E-state index contributed by atoms with van der Waals surface area (Å²) in [5.74, 6) is 16.8. The van der Waals surface area contributed by atoms with Gasteiger partial charge in [-0.15, -0.1) is 12.8 Å². The lowest BCUT2D eigenvalue weighted by Crippen LogP contribution is -1.97. The summed E-state index contributed by atoms with van der Waals surface area (Å²) in [6.45, 7) is 0. The van der Waals surface area contributed by atoms with E-state index in [1.165, 1.54) is 103 Å². The molecule has 0 unspecified atom stereocenters. The van der Waals surface area contributed by atoms with Crippen LogP contribution in [-0.4, -0.2) is 22.4 Å². The summed E-state index contributed by atoms with van der Waals surface area (Å²) in [5.41, 5.74) is 0. The average Bonchev–Trinajstić information content (AvgIpc) is 3.09. The zero-order valence-electron chi connectivity index (χ0n) is 30.6. The molecule has 0 aliphatic heterocycles. The molecule has 2 heteroatoms. The first kappa shape index (κ1) is 45.1. The minimum Gasteiger partial charge on any atom is -0.377 e. The van der Waals surface area contributed by atoms with Gasteiger partial charge in [0.1, 0.15) is 6.10 Å². The predicted molar refractivity (Wildman–Crippen MR) is 211 cm³/mol. The molecule has 0 aliphatic carbocycles. The van der Waals surface area contributed by atoms with Gasteiger partial charge in [0.2, 0.25) is 0 Å². The van der Waals surface area contributed by atoms with E-state index in [1.807, 2.05) is 12.2 Å². The minimum absolute atomic E-state index is 0.744. The highest BCUT2D eigenvalue weighted by molar-refractivity contribution is 5.19. The molecule has 2 nitrogen and oxygen atoms in total. The number of aliphatic hydroxyl groups is 2. The number of rotatable bonds is 31. The summed E-state index contributed by atoms with van der Waals surface area (Å²) >= 11 is 0. The fourth-order valence-corrected chi connectivity index (χ4v) is 5.40. The third-order valence-electron chi connectivity index (χ3n) is 8.34. The lowest BCUT2D eigenvalue weighted by atomic mass is 10.0. The summed E-state index contributed by atoms with van der Waals surface area (Å²) in [6, 6.07) is 0. The summed E-state index contributed by atoms with van der Waals surface area (Å²) in [5, 5.41) is 19.2. The van der Waals surface area contributed by atoms with Gasteiger partial charge in [-0.05, 0) is 102 Å². The Morgan fingerprint density at radius 3 is 1.12 bits per heavy atom. The molecule has 2 atom stereocenters. The van der Waals surface area contributed by atoms with Gasteiger partial charge in [-0.2, -0.15) is 0 Å². The molecule has 0 fully saturated rings. The maximum Gasteiger partial charge on any atom is 0.176 e. The molecule has 48 heavy (non-hydrogen) atoms. The van der Waals surface area contributed by atoms with Crippen molar-refractivity contribution in [2.45, 2.75) is 192 Å². The van der Waals surface area contributed by atoms with Crippen LogP contribution in [0.3, 0.4) is 0 Å². The molecule has 0 aromatic rings. The van der Waals surface area contributed by atoms with Gasteiger partial charge in [-0.25, -0.2) is 0 Å². The quantitative estimate of drug-likeness (QED) is 0.0444. The Hall–Kier alpha value is -2.88. The molecule has 0 amide bonds. The van der Waals surface area contributed by atoms with E-state index in [4.69, 9.17) is 12.8 Å². The molecule has 0 aromatic carbocycles. The number of terminal acetylenes is 2. The van der Waals surface area contributed by atoms with Crippen molar-refractivity contribution in [2.75, 3.05) is 0 Å². The Labute approximate surface area is 298 Å². The van der Waals surface area contributed by atoms with E-state index in [9.17, 15) is 10.2 Å². The van der Waals surface area contributed by atoms with Gasteiger partial charge in [0, 0.05) is 12.8 Å². The van der Waals surface area contributed by atoms with Crippen LogP contribution in [0.15, 0.2) is 48.6 Å². The number of unbranched alkanes of at least 4 members (excludes halogenated alkanes) is 24. The van der Waals surface area contributed by atoms with Crippen molar-refractivity contribution in [3.63, 3.8) is 0 Å². The highest BCUT2D eigenvalue weighted by Gasteiger charge is 1.95. The van der Waals surface area contributed by atoms with Crippen LogP contribution in [-0.2, 0) is 0 Å². The second-order valence-corrected chi connectivity index (χ2v) is 12.9. The number of hydrogen-bond acceptors (Lipinski definition) is 2. The molecule has 0 heterocycles. The van der Waals surface area contributed by atoms with Gasteiger partial charge in [0.25, 0.3) is 0 Å². The summed E-state index contributed by atoms with van der Waals surface area (Å²) < 4.78 is 0. The van der Waals surface area contributed by atoms with Crippen molar-refractivity contribution in [1.29, 1.82) is 0 Å². The maximum atomic E-state index is 9.97. The number of aliphatic hydroxyl groups excluding tert-OH is 2. The zero-order valence-corrected chi connectivity index (χ0v) is 30.6. The van der Waals surface area contributed by atoms with Gasteiger partial charge in [0.15, 0.2) is 6.10 Å². The van der Waals surface area contributed by atoms with Crippen molar-refractivity contribution in [3.05, 3.63) is 48.6 Å². The second-order valence-electron chi connectivity index (χ2n) is 12.9. The molecular formula is C46H70O2. The van der Waals surface area contributed by atoms with Crippen LogP contribution in [0.1, 0.15) is 180 Å². The molecule has 2 N–H and O–H groups in total. The Morgan fingerprint density at radius 2 is 0.750 bits per heavy atom. The molecule has 0 saturated heterocycles. The average molecular weight is 655 g/mol. The van der Waals surface area contributed by atoms with E-state index >= 15 is 0 Å². The zero-order chi connectivity index (χ0) is 34.9. The van der Waals surface area contributed by atoms with Crippen LogP contribution < -0.4 is 0 Å². The molecule has 0 aromatic heterocycles. The number of allylic oxidation sites excluding steroid dienone is 7. The largest absolute Gasteiger partial charge is 0.377 e. The maximum absolute atomic E-state index is 9.97. The van der Waals surface area contributed by atoms with Crippen LogP contribution in [0.5, 0.6) is 0 Å². The molecule has 0 aliphatic rings. The van der Waals surface area contributed by atoms with Crippen LogP contribution in [0, 0.1) is 48.4 Å². The Morgan fingerprint density at radius 1 is 0.417 bits per heavy atom. The monoisotopic (exact) mass is 655 g/mol. The fraction of sp³-hybridized carbons (Fsp3) is 0.652. The smallest absolute Gasteiger partial charge is 0.176 e. The molecule has 0 saturated carbocycles. The van der Waals surface area contributed by atoms with Crippen molar-refractivity contribution in [3.8, 4) is 48.4 Å². The molecular weight excluding hydrogens is 585 g/mol. The highest BCUT2D eigenvalue weighted by Crippen LogP contribution is 2.13. The van der Waals surface area contributed by atoms with E-state index in [1.54, 1.807) is 6.08 Å². The fourth-order valence-electron chi connectivity index (χ4n) is 5.40. The summed E-state index contributed by atoms with van der Waals surface area (Å²) in [7, 11) is 0. The molecule has 0 bridgehead atoms. The van der Waals surface area contributed by atoms with Gasteiger partial charge < -0.3 is 10.2 Å². The van der Waals surface area contributed by atoms with Crippen molar-refractivity contribution >= 4 is 0 Å². The van der Waals surface area contributed by atoms with Crippen LogP contribution in [0.4, 0.5) is 0 Å². The lowest BCUT2D eigenvalue weighted by molar-refractivity contribution is 0.280. The minimum atomic E-state index is -0.816. The molecule has 0 rings (SSSR count). The second kappa shape index (κ2) is 40.3. The van der Waals surface area contributed by atoms with E-state index in [2.05, 4.69) is 65.9 Å². The third kappa shape index (κ3) is 39.3. The lowest BCUT2D eigenvalue weighted by Gasteiger charge is -2.02. The first-order valence-corrected chi connectivity index (χ1v) is 19.6. The van der Waals surface area contributed by atoms with Crippen molar-refractivity contribution in [2.24, 2.45) is 0 Å². The van der Waals surface area contributed by atoms with Crippen LogP contribution in [0.2, 0.25) is 0 Å². The van der Waals surface area contributed by atoms with Gasteiger partial charge in [-0.1, -0.05) is 149 Å². The Balaban J connectivity index is 3.44. The number of hydrogen-bond donors (Lipinski definition) is 2. The predicted octanol–water partition coefficient (Wildman–Crippen LogP) is 12.1. The van der Waals surface area contributed by atoms with Gasteiger partial charge in [-0.3, -0.25) is 0 Å². The van der Waals surface area contributed by atoms with E-state index in [0.29, 0.717) is 0 Å². The SMILES string of the molecule is C#C/C=C\CCCCCCCCCCCCCC/C=C\CCCCC#C[C@@H](O)C#CCCCC/C=C\CCCCCC/C=C/[C@H](O)C#C. The summed E-state index contributed by atoms with van der Waals surface area (Å²) in [6.07, 6.45) is 59.7. The van der Waals surface area contributed by atoms with Crippen molar-refractivity contribution in [1.82, 2.24) is 0 Å². The topological polar surface area (TPSA) is 40.5 Å². The summed E-state index contributed by atoms with van der Waals surface area (Å²) in [4.78, 5) is 0. The standard InChI is InChI=1S/C46H70O2/c1-3-5-6-7-8-9-10-11-12-13-14-15-16-17-18-19-20-21-25-28-31-34-37-40-43-46(48)44-41-38-35-32-29-26-23-22-24-27-30-33-36-39-42-45(47)4-2/h1-2,5-6,21,23,25-26,39,42,45-48H,7-20,22,24,27-38H2/b6-5-,25-21-,26-23-,42-39+/t45-,46-/m1/s1. The normalized spacial score (nSPS) is 12.6.